The molecule has 14 heavy (non-hydrogen) atoms. The second-order valence-corrected chi connectivity index (χ2v) is 5.03. The van der Waals surface area contributed by atoms with Gasteiger partial charge < -0.3 is 10.2 Å². The van der Waals surface area contributed by atoms with Crippen molar-refractivity contribution < 1.29 is 0 Å². The molecule has 3 aliphatic rings. The third-order valence-electron chi connectivity index (χ3n) is 2.98. The van der Waals surface area contributed by atoms with Gasteiger partial charge in [-0.1, -0.05) is 18.2 Å². The molecule has 3 rings (SSSR count). The van der Waals surface area contributed by atoms with Gasteiger partial charge in [0, 0.05) is 23.7 Å². The highest BCUT2D eigenvalue weighted by Gasteiger charge is 2.29. The zero-order valence-corrected chi connectivity index (χ0v) is 9.02. The van der Waals surface area contributed by atoms with Crippen molar-refractivity contribution in [3.8, 4) is 0 Å². The molecule has 0 bridgehead atoms. The standard InChI is InChI=1S/C10H15N3S/c1-2-4-11-8(3-1)9-7-13-6-5-12-10(13)14-9/h7-8,11H,1-6H2. The normalized spacial score (nSPS) is 31.4. The molecule has 76 valence electrons. The minimum Gasteiger partial charge on any atom is -0.325 e. The highest BCUT2D eigenvalue weighted by atomic mass is 32.2. The van der Waals surface area contributed by atoms with Gasteiger partial charge in [-0.25, -0.2) is 0 Å². The SMILES string of the molecule is C1=C(C2CCCCN2)SC2=NCCN12. The van der Waals surface area contributed by atoms with Gasteiger partial charge >= 0.3 is 0 Å². The number of hydrogen-bond donors (Lipinski definition) is 1. The van der Waals surface area contributed by atoms with Crippen molar-refractivity contribution in [1.82, 2.24) is 10.2 Å². The second-order valence-electron chi connectivity index (χ2n) is 3.99. The van der Waals surface area contributed by atoms with Gasteiger partial charge in [0.25, 0.3) is 0 Å². The first kappa shape index (κ1) is 8.80. The number of aliphatic imine (C=N–C) groups is 1. The largest absolute Gasteiger partial charge is 0.325 e. The van der Waals surface area contributed by atoms with Gasteiger partial charge in [0.2, 0.25) is 0 Å². The molecule has 1 atom stereocenters. The Morgan fingerprint density at radius 2 is 2.50 bits per heavy atom. The summed E-state index contributed by atoms with van der Waals surface area (Å²) in [5, 5.41) is 4.79. The molecule has 3 heterocycles. The Balaban J connectivity index is 1.71. The fraction of sp³-hybridized carbons (Fsp3) is 0.700. The van der Waals surface area contributed by atoms with Crippen LogP contribution in [0.4, 0.5) is 0 Å². The van der Waals surface area contributed by atoms with Gasteiger partial charge in [0.15, 0.2) is 5.17 Å². The van der Waals surface area contributed by atoms with E-state index in [0.717, 1.165) is 13.1 Å². The lowest BCUT2D eigenvalue weighted by Gasteiger charge is -2.23. The minimum absolute atomic E-state index is 0.599. The van der Waals surface area contributed by atoms with Crippen LogP contribution in [0.25, 0.3) is 0 Å². The molecule has 1 N–H and O–H groups in total. The van der Waals surface area contributed by atoms with E-state index >= 15 is 0 Å². The van der Waals surface area contributed by atoms with Crippen LogP contribution < -0.4 is 5.32 Å². The number of nitrogens with zero attached hydrogens (tertiary/aromatic N) is 2. The van der Waals surface area contributed by atoms with E-state index in [4.69, 9.17) is 0 Å². The van der Waals surface area contributed by atoms with Gasteiger partial charge in [-0.2, -0.15) is 0 Å². The summed E-state index contributed by atoms with van der Waals surface area (Å²) >= 11 is 1.86. The molecule has 0 aliphatic carbocycles. The Kier molecular flexibility index (Phi) is 2.25. The number of amidine groups is 1. The lowest BCUT2D eigenvalue weighted by molar-refractivity contribution is 0.447. The number of thioether (sulfide) groups is 1. The van der Waals surface area contributed by atoms with Crippen LogP contribution in [0.1, 0.15) is 19.3 Å². The molecule has 0 amide bonds. The van der Waals surface area contributed by atoms with Crippen LogP contribution in [0.15, 0.2) is 16.1 Å². The van der Waals surface area contributed by atoms with E-state index in [1.54, 1.807) is 0 Å². The van der Waals surface area contributed by atoms with Crippen LogP contribution in [0.3, 0.4) is 0 Å². The van der Waals surface area contributed by atoms with Gasteiger partial charge in [0.05, 0.1) is 6.54 Å². The molecule has 4 heteroatoms. The highest BCUT2D eigenvalue weighted by molar-refractivity contribution is 8.17. The van der Waals surface area contributed by atoms with Crippen molar-refractivity contribution in [1.29, 1.82) is 0 Å². The molecule has 1 unspecified atom stereocenters. The van der Waals surface area contributed by atoms with E-state index in [2.05, 4.69) is 21.4 Å². The summed E-state index contributed by atoms with van der Waals surface area (Å²) in [6.45, 7) is 3.23. The first-order valence-electron chi connectivity index (χ1n) is 5.37. The lowest BCUT2D eigenvalue weighted by atomic mass is 10.1. The summed E-state index contributed by atoms with van der Waals surface area (Å²) in [6, 6.07) is 0.599. The van der Waals surface area contributed by atoms with E-state index in [-0.39, 0.29) is 0 Å². The molecule has 3 aliphatic heterocycles. The van der Waals surface area contributed by atoms with Crippen LogP contribution in [0.5, 0.6) is 0 Å². The number of rotatable bonds is 1. The quantitative estimate of drug-likeness (QED) is 0.707. The molecule has 0 aromatic heterocycles. The second kappa shape index (κ2) is 3.59. The molecule has 0 saturated carbocycles. The zero-order valence-electron chi connectivity index (χ0n) is 8.20. The fourth-order valence-corrected chi connectivity index (χ4v) is 3.34. The Morgan fingerprint density at radius 3 is 3.29 bits per heavy atom. The number of nitrogens with one attached hydrogen (secondary N) is 1. The van der Waals surface area contributed by atoms with Crippen LogP contribution in [-0.4, -0.2) is 35.7 Å². The summed E-state index contributed by atoms with van der Waals surface area (Å²) in [6.07, 6.45) is 6.28. The van der Waals surface area contributed by atoms with Crippen molar-refractivity contribution in [3.05, 3.63) is 11.1 Å². The average molecular weight is 209 g/mol. The maximum Gasteiger partial charge on any atom is 0.168 e. The predicted octanol–water partition coefficient (Wildman–Crippen LogP) is 1.39. The minimum atomic E-state index is 0.599. The first-order chi connectivity index (χ1) is 6.93. The zero-order chi connectivity index (χ0) is 9.38. The lowest BCUT2D eigenvalue weighted by Crippen LogP contribution is -2.34. The van der Waals surface area contributed by atoms with Crippen molar-refractivity contribution >= 4 is 16.9 Å². The Morgan fingerprint density at radius 1 is 1.50 bits per heavy atom. The van der Waals surface area contributed by atoms with Gasteiger partial charge in [0.1, 0.15) is 0 Å². The Bertz CT molecular complexity index is 292. The molecule has 1 saturated heterocycles. The average Bonchev–Trinajstić information content (AvgIpc) is 2.78. The summed E-state index contributed by atoms with van der Waals surface area (Å²) in [5.74, 6) is 0. The summed E-state index contributed by atoms with van der Waals surface area (Å²) in [4.78, 5) is 8.23. The van der Waals surface area contributed by atoms with Crippen LogP contribution in [0, 0.1) is 0 Å². The van der Waals surface area contributed by atoms with Crippen molar-refractivity contribution in [3.63, 3.8) is 0 Å². The maximum atomic E-state index is 4.47. The smallest absolute Gasteiger partial charge is 0.168 e. The van der Waals surface area contributed by atoms with E-state index in [1.807, 2.05) is 11.8 Å². The van der Waals surface area contributed by atoms with Crippen LogP contribution in [0.2, 0.25) is 0 Å². The summed E-state index contributed by atoms with van der Waals surface area (Å²) in [7, 11) is 0. The van der Waals surface area contributed by atoms with Crippen LogP contribution in [-0.2, 0) is 0 Å². The van der Waals surface area contributed by atoms with Crippen molar-refractivity contribution in [2.75, 3.05) is 19.6 Å². The monoisotopic (exact) mass is 209 g/mol. The molecule has 0 aromatic carbocycles. The van der Waals surface area contributed by atoms with Gasteiger partial charge in [-0.05, 0) is 19.4 Å². The van der Waals surface area contributed by atoms with E-state index in [0.29, 0.717) is 6.04 Å². The number of piperidine rings is 1. The molecule has 0 spiro atoms. The van der Waals surface area contributed by atoms with Gasteiger partial charge in [-0.3, -0.25) is 4.99 Å². The summed E-state index contributed by atoms with van der Waals surface area (Å²) in [5.41, 5.74) is 0. The van der Waals surface area contributed by atoms with Gasteiger partial charge in [-0.15, -0.1) is 0 Å². The topological polar surface area (TPSA) is 27.6 Å². The van der Waals surface area contributed by atoms with E-state index < -0.39 is 0 Å². The third-order valence-corrected chi connectivity index (χ3v) is 4.15. The van der Waals surface area contributed by atoms with Crippen LogP contribution >= 0.6 is 11.8 Å². The van der Waals surface area contributed by atoms with E-state index in [9.17, 15) is 0 Å². The predicted molar refractivity (Wildman–Crippen MR) is 60.3 cm³/mol. The number of fused-ring (bicyclic) bond motifs is 1. The first-order valence-corrected chi connectivity index (χ1v) is 6.19. The molecular formula is C10H15N3S. The molecule has 0 radical (unpaired) electrons. The highest BCUT2D eigenvalue weighted by Crippen LogP contribution is 2.34. The van der Waals surface area contributed by atoms with E-state index in [1.165, 1.54) is 35.9 Å². The molecule has 1 fully saturated rings. The molecule has 3 nitrogen and oxygen atoms in total. The summed E-state index contributed by atoms with van der Waals surface area (Å²) < 4.78 is 0. The molecular weight excluding hydrogens is 194 g/mol. The Hall–Kier alpha value is -0.480. The number of hydrogen-bond acceptors (Lipinski definition) is 4. The Labute approximate surface area is 88.6 Å². The fourth-order valence-electron chi connectivity index (χ4n) is 2.19. The van der Waals surface area contributed by atoms with Crippen molar-refractivity contribution in [2.24, 2.45) is 4.99 Å². The maximum absolute atomic E-state index is 4.47. The van der Waals surface area contributed by atoms with Crippen molar-refractivity contribution in [2.45, 2.75) is 25.3 Å². The molecule has 0 aromatic rings. The third kappa shape index (κ3) is 1.46.